The van der Waals surface area contributed by atoms with Gasteiger partial charge in [0.25, 0.3) is 5.91 Å². The zero-order valence-electron chi connectivity index (χ0n) is 12.2. The first-order valence-electron chi connectivity index (χ1n) is 7.02. The third kappa shape index (κ3) is 2.35. The van der Waals surface area contributed by atoms with Crippen LogP contribution in [0.15, 0.2) is 45.3 Å². The quantitative estimate of drug-likeness (QED) is 0.718. The molecule has 6 heteroatoms. The SMILES string of the molecule is Cc1oc2cc3c(cc2c1C(=O)Nc1ccccc1Br)OCO3. The first-order valence-corrected chi connectivity index (χ1v) is 7.81. The van der Waals surface area contributed by atoms with Crippen LogP contribution in [0.2, 0.25) is 0 Å². The molecule has 0 spiro atoms. The molecule has 0 radical (unpaired) electrons. The first kappa shape index (κ1) is 14.1. The van der Waals surface area contributed by atoms with Gasteiger partial charge < -0.3 is 19.2 Å². The summed E-state index contributed by atoms with van der Waals surface area (Å²) in [6.07, 6.45) is 0. The molecule has 23 heavy (non-hydrogen) atoms. The highest BCUT2D eigenvalue weighted by molar-refractivity contribution is 9.10. The number of furan rings is 1. The Kier molecular flexibility index (Phi) is 3.27. The highest BCUT2D eigenvalue weighted by Crippen LogP contribution is 2.39. The molecule has 1 aromatic heterocycles. The summed E-state index contributed by atoms with van der Waals surface area (Å²) in [6, 6.07) is 11.0. The number of amides is 1. The summed E-state index contributed by atoms with van der Waals surface area (Å²) in [5, 5.41) is 3.60. The van der Waals surface area contributed by atoms with Crippen LogP contribution in [-0.4, -0.2) is 12.7 Å². The van der Waals surface area contributed by atoms with Gasteiger partial charge in [-0.1, -0.05) is 12.1 Å². The Hall–Kier alpha value is -2.47. The van der Waals surface area contributed by atoms with Gasteiger partial charge in [0.15, 0.2) is 11.5 Å². The van der Waals surface area contributed by atoms with E-state index in [1.54, 1.807) is 19.1 Å². The van der Waals surface area contributed by atoms with E-state index in [0.29, 0.717) is 39.5 Å². The predicted octanol–water partition coefficient (Wildman–Crippen LogP) is 4.48. The van der Waals surface area contributed by atoms with Crippen LogP contribution in [0.25, 0.3) is 11.0 Å². The van der Waals surface area contributed by atoms with Gasteiger partial charge in [-0.2, -0.15) is 0 Å². The van der Waals surface area contributed by atoms with Crippen molar-refractivity contribution in [1.29, 1.82) is 0 Å². The molecular weight excluding hydrogens is 362 g/mol. The molecular formula is C17H12BrNO4. The van der Waals surface area contributed by atoms with Gasteiger partial charge in [-0.15, -0.1) is 0 Å². The van der Waals surface area contributed by atoms with Gasteiger partial charge >= 0.3 is 0 Å². The van der Waals surface area contributed by atoms with Crippen LogP contribution in [0.5, 0.6) is 11.5 Å². The zero-order valence-corrected chi connectivity index (χ0v) is 13.8. The van der Waals surface area contributed by atoms with Crippen molar-refractivity contribution in [2.24, 2.45) is 0 Å². The number of benzene rings is 2. The number of para-hydroxylation sites is 1. The third-order valence-electron chi connectivity index (χ3n) is 3.71. The van der Waals surface area contributed by atoms with E-state index >= 15 is 0 Å². The van der Waals surface area contributed by atoms with Crippen molar-refractivity contribution < 1.29 is 18.7 Å². The minimum absolute atomic E-state index is 0.180. The Bertz CT molecular complexity index is 932. The second kappa shape index (κ2) is 5.31. The van der Waals surface area contributed by atoms with E-state index in [-0.39, 0.29) is 12.7 Å². The number of hydrogen-bond acceptors (Lipinski definition) is 4. The highest BCUT2D eigenvalue weighted by atomic mass is 79.9. The van der Waals surface area contributed by atoms with E-state index < -0.39 is 0 Å². The highest BCUT2D eigenvalue weighted by Gasteiger charge is 2.23. The van der Waals surface area contributed by atoms with Gasteiger partial charge in [-0.25, -0.2) is 0 Å². The van der Waals surface area contributed by atoms with E-state index in [4.69, 9.17) is 13.9 Å². The lowest BCUT2D eigenvalue weighted by Gasteiger charge is -2.07. The van der Waals surface area contributed by atoms with Crippen molar-refractivity contribution in [2.45, 2.75) is 6.92 Å². The molecule has 4 rings (SSSR count). The summed E-state index contributed by atoms with van der Waals surface area (Å²) in [7, 11) is 0. The molecule has 1 N–H and O–H groups in total. The molecule has 3 aromatic rings. The second-order valence-electron chi connectivity index (χ2n) is 5.17. The summed E-state index contributed by atoms with van der Waals surface area (Å²) < 4.78 is 17.2. The maximum absolute atomic E-state index is 12.7. The largest absolute Gasteiger partial charge is 0.460 e. The number of nitrogens with one attached hydrogen (secondary N) is 1. The van der Waals surface area contributed by atoms with E-state index in [1.165, 1.54) is 0 Å². The van der Waals surface area contributed by atoms with Crippen LogP contribution < -0.4 is 14.8 Å². The minimum Gasteiger partial charge on any atom is -0.460 e. The van der Waals surface area contributed by atoms with Crippen molar-refractivity contribution in [3.63, 3.8) is 0 Å². The molecule has 5 nitrogen and oxygen atoms in total. The normalized spacial score (nSPS) is 12.6. The predicted molar refractivity (Wildman–Crippen MR) is 89.2 cm³/mol. The fourth-order valence-corrected chi connectivity index (χ4v) is 3.02. The second-order valence-corrected chi connectivity index (χ2v) is 6.02. The summed E-state index contributed by atoms with van der Waals surface area (Å²) >= 11 is 3.42. The standard InChI is InChI=1S/C17H12BrNO4/c1-9-16(17(20)19-12-5-3-2-4-11(12)18)10-6-14-15(22-8-21-14)7-13(10)23-9/h2-7H,8H2,1H3,(H,19,20). The fraction of sp³-hybridized carbons (Fsp3) is 0.118. The van der Waals surface area contributed by atoms with E-state index in [0.717, 1.165) is 4.47 Å². The topological polar surface area (TPSA) is 60.7 Å². The summed E-state index contributed by atoms with van der Waals surface area (Å²) in [4.78, 5) is 12.7. The minimum atomic E-state index is -0.230. The van der Waals surface area contributed by atoms with Crippen LogP contribution in [-0.2, 0) is 0 Å². The number of fused-ring (bicyclic) bond motifs is 2. The molecule has 0 saturated carbocycles. The van der Waals surface area contributed by atoms with E-state index in [1.807, 2.05) is 24.3 Å². The van der Waals surface area contributed by atoms with Crippen molar-refractivity contribution in [1.82, 2.24) is 0 Å². The monoisotopic (exact) mass is 373 g/mol. The number of carbonyl (C=O) groups excluding carboxylic acids is 1. The van der Waals surface area contributed by atoms with Gasteiger partial charge in [-0.05, 0) is 41.1 Å². The number of anilines is 1. The molecule has 0 unspecified atom stereocenters. The van der Waals surface area contributed by atoms with Crippen LogP contribution in [0.1, 0.15) is 16.1 Å². The van der Waals surface area contributed by atoms with Crippen molar-refractivity contribution in [3.05, 3.63) is 52.2 Å². The molecule has 0 bridgehead atoms. The smallest absolute Gasteiger partial charge is 0.259 e. The number of carbonyl (C=O) groups is 1. The summed E-state index contributed by atoms with van der Waals surface area (Å²) in [5.41, 5.74) is 1.80. The number of hydrogen-bond donors (Lipinski definition) is 1. The Morgan fingerprint density at radius 3 is 2.70 bits per heavy atom. The van der Waals surface area contributed by atoms with Gasteiger partial charge in [0, 0.05) is 15.9 Å². The van der Waals surface area contributed by atoms with Crippen molar-refractivity contribution in [3.8, 4) is 11.5 Å². The maximum atomic E-state index is 12.7. The molecule has 2 heterocycles. The zero-order chi connectivity index (χ0) is 16.0. The number of ether oxygens (including phenoxy) is 2. The van der Waals surface area contributed by atoms with Crippen LogP contribution >= 0.6 is 15.9 Å². The van der Waals surface area contributed by atoms with Crippen LogP contribution in [0, 0.1) is 6.92 Å². The Labute approximate surface area is 140 Å². The molecule has 1 aliphatic heterocycles. The Morgan fingerprint density at radius 1 is 1.17 bits per heavy atom. The molecule has 1 aliphatic rings. The maximum Gasteiger partial charge on any atom is 0.259 e. The van der Waals surface area contributed by atoms with Gasteiger partial charge in [0.05, 0.1) is 11.3 Å². The lowest BCUT2D eigenvalue weighted by Crippen LogP contribution is -2.12. The lowest BCUT2D eigenvalue weighted by atomic mass is 10.1. The molecule has 1 amide bonds. The van der Waals surface area contributed by atoms with Gasteiger partial charge in [0.1, 0.15) is 11.3 Å². The first-order chi connectivity index (χ1) is 11.1. The van der Waals surface area contributed by atoms with Crippen LogP contribution in [0.4, 0.5) is 5.69 Å². The molecule has 0 atom stereocenters. The van der Waals surface area contributed by atoms with Gasteiger partial charge in [-0.3, -0.25) is 4.79 Å². The molecule has 0 aliphatic carbocycles. The van der Waals surface area contributed by atoms with Crippen molar-refractivity contribution >= 4 is 38.5 Å². The summed E-state index contributed by atoms with van der Waals surface area (Å²) in [6.45, 7) is 1.95. The molecule has 116 valence electrons. The van der Waals surface area contributed by atoms with E-state index in [9.17, 15) is 4.79 Å². The summed E-state index contributed by atoms with van der Waals surface area (Å²) in [5.74, 6) is 1.57. The Morgan fingerprint density at radius 2 is 1.91 bits per heavy atom. The average molecular weight is 374 g/mol. The van der Waals surface area contributed by atoms with E-state index in [2.05, 4.69) is 21.2 Å². The lowest BCUT2D eigenvalue weighted by molar-refractivity contribution is 0.102. The number of aryl methyl sites for hydroxylation is 1. The molecule has 0 saturated heterocycles. The number of rotatable bonds is 2. The molecule has 0 fully saturated rings. The fourth-order valence-electron chi connectivity index (χ4n) is 2.64. The third-order valence-corrected chi connectivity index (χ3v) is 4.40. The van der Waals surface area contributed by atoms with Crippen LogP contribution in [0.3, 0.4) is 0 Å². The van der Waals surface area contributed by atoms with Gasteiger partial charge in [0.2, 0.25) is 6.79 Å². The number of halogens is 1. The van der Waals surface area contributed by atoms with Crippen molar-refractivity contribution in [2.75, 3.05) is 12.1 Å². The average Bonchev–Trinajstić information content (AvgIpc) is 3.09. The Balaban J connectivity index is 1.77. The molecule has 2 aromatic carbocycles.